The maximum atomic E-state index is 3.89. The van der Waals surface area contributed by atoms with E-state index in [4.69, 9.17) is 0 Å². The van der Waals surface area contributed by atoms with Crippen LogP contribution in [0.1, 0.15) is 59.3 Å². The molecule has 0 heterocycles. The fourth-order valence-corrected chi connectivity index (χ4v) is 3.41. The average molecular weight is 195 g/mol. The molecule has 1 N–H and O–H groups in total. The maximum Gasteiger partial charge on any atom is 0.0156 e. The van der Waals surface area contributed by atoms with Crippen molar-refractivity contribution in [2.24, 2.45) is 11.8 Å². The standard InChI is InChI=1S/C13H25N/c1-10-7-11(2)9-12(8-10)14-13(3)5-4-6-13/h10-12,14H,4-9H2,1-3H3. The molecule has 0 aromatic rings. The Bertz CT molecular complexity index is 185. The van der Waals surface area contributed by atoms with Gasteiger partial charge in [-0.2, -0.15) is 0 Å². The first-order chi connectivity index (χ1) is 6.57. The van der Waals surface area contributed by atoms with Crippen molar-refractivity contribution >= 4 is 0 Å². The lowest BCUT2D eigenvalue weighted by Crippen LogP contribution is -2.54. The molecule has 2 fully saturated rings. The van der Waals surface area contributed by atoms with Crippen molar-refractivity contribution in [2.75, 3.05) is 0 Å². The van der Waals surface area contributed by atoms with Crippen LogP contribution in [-0.4, -0.2) is 11.6 Å². The summed E-state index contributed by atoms with van der Waals surface area (Å²) in [5, 5.41) is 3.89. The number of hydrogen-bond donors (Lipinski definition) is 1. The predicted molar refractivity (Wildman–Crippen MR) is 61.4 cm³/mol. The molecular formula is C13H25N. The van der Waals surface area contributed by atoms with E-state index in [1.165, 1.54) is 38.5 Å². The van der Waals surface area contributed by atoms with E-state index in [1.54, 1.807) is 0 Å². The molecule has 2 rings (SSSR count). The molecule has 1 heteroatoms. The molecule has 2 aliphatic carbocycles. The number of rotatable bonds is 2. The third-order valence-corrected chi connectivity index (χ3v) is 4.19. The van der Waals surface area contributed by atoms with Crippen LogP contribution in [0, 0.1) is 11.8 Å². The van der Waals surface area contributed by atoms with Crippen LogP contribution in [0.4, 0.5) is 0 Å². The largest absolute Gasteiger partial charge is 0.309 e. The highest BCUT2D eigenvalue weighted by molar-refractivity contribution is 4.95. The number of nitrogens with one attached hydrogen (secondary N) is 1. The van der Waals surface area contributed by atoms with Gasteiger partial charge in [-0.05, 0) is 57.3 Å². The smallest absolute Gasteiger partial charge is 0.0156 e. The lowest BCUT2D eigenvalue weighted by molar-refractivity contribution is 0.139. The number of hydrogen-bond acceptors (Lipinski definition) is 1. The normalized spacial score (nSPS) is 41.8. The van der Waals surface area contributed by atoms with Crippen molar-refractivity contribution in [3.8, 4) is 0 Å². The Morgan fingerprint density at radius 2 is 1.57 bits per heavy atom. The molecule has 2 unspecified atom stereocenters. The Morgan fingerprint density at radius 3 is 2.00 bits per heavy atom. The SMILES string of the molecule is CC1CC(C)CC(NC2(C)CCC2)C1. The molecule has 14 heavy (non-hydrogen) atoms. The van der Waals surface area contributed by atoms with Crippen molar-refractivity contribution in [3.63, 3.8) is 0 Å². The molecule has 0 aromatic heterocycles. The minimum Gasteiger partial charge on any atom is -0.309 e. The van der Waals surface area contributed by atoms with Crippen molar-refractivity contribution in [3.05, 3.63) is 0 Å². The molecule has 0 spiro atoms. The van der Waals surface area contributed by atoms with Gasteiger partial charge in [0, 0.05) is 11.6 Å². The zero-order valence-corrected chi connectivity index (χ0v) is 9.97. The molecule has 2 atom stereocenters. The average Bonchev–Trinajstić information content (AvgIpc) is 1.99. The van der Waals surface area contributed by atoms with E-state index in [2.05, 4.69) is 26.1 Å². The fourth-order valence-electron chi connectivity index (χ4n) is 3.41. The maximum absolute atomic E-state index is 3.89. The summed E-state index contributed by atoms with van der Waals surface area (Å²) in [7, 11) is 0. The van der Waals surface area contributed by atoms with Gasteiger partial charge in [-0.1, -0.05) is 13.8 Å². The summed E-state index contributed by atoms with van der Waals surface area (Å²) in [4.78, 5) is 0. The molecule has 1 nitrogen and oxygen atoms in total. The summed E-state index contributed by atoms with van der Waals surface area (Å²) < 4.78 is 0. The van der Waals surface area contributed by atoms with Crippen molar-refractivity contribution in [1.82, 2.24) is 5.32 Å². The Labute approximate surface area is 88.7 Å². The van der Waals surface area contributed by atoms with Crippen LogP contribution in [0.25, 0.3) is 0 Å². The topological polar surface area (TPSA) is 12.0 Å². The second-order valence-electron chi connectivity index (χ2n) is 6.17. The summed E-state index contributed by atoms with van der Waals surface area (Å²) in [6.07, 6.45) is 8.47. The molecule has 2 saturated carbocycles. The van der Waals surface area contributed by atoms with E-state index in [0.717, 1.165) is 17.9 Å². The summed E-state index contributed by atoms with van der Waals surface area (Å²) >= 11 is 0. The lowest BCUT2D eigenvalue weighted by atomic mass is 9.75. The van der Waals surface area contributed by atoms with E-state index in [-0.39, 0.29) is 0 Å². The van der Waals surface area contributed by atoms with Crippen LogP contribution < -0.4 is 5.32 Å². The van der Waals surface area contributed by atoms with E-state index in [0.29, 0.717) is 5.54 Å². The lowest BCUT2D eigenvalue weighted by Gasteiger charge is -2.45. The van der Waals surface area contributed by atoms with Gasteiger partial charge < -0.3 is 5.32 Å². The molecular weight excluding hydrogens is 170 g/mol. The zero-order chi connectivity index (χ0) is 10.2. The van der Waals surface area contributed by atoms with Gasteiger partial charge in [0.2, 0.25) is 0 Å². The molecule has 0 bridgehead atoms. The fraction of sp³-hybridized carbons (Fsp3) is 1.00. The highest BCUT2D eigenvalue weighted by Crippen LogP contribution is 2.35. The zero-order valence-electron chi connectivity index (χ0n) is 9.97. The monoisotopic (exact) mass is 195 g/mol. The summed E-state index contributed by atoms with van der Waals surface area (Å²) in [5.74, 6) is 1.86. The third kappa shape index (κ3) is 2.31. The second-order valence-corrected chi connectivity index (χ2v) is 6.17. The van der Waals surface area contributed by atoms with Gasteiger partial charge in [0.15, 0.2) is 0 Å². The van der Waals surface area contributed by atoms with Gasteiger partial charge in [0.1, 0.15) is 0 Å². The quantitative estimate of drug-likeness (QED) is 0.712. The van der Waals surface area contributed by atoms with Crippen LogP contribution in [-0.2, 0) is 0 Å². The summed E-state index contributed by atoms with van der Waals surface area (Å²) in [5.41, 5.74) is 0.501. The summed E-state index contributed by atoms with van der Waals surface area (Å²) in [6.45, 7) is 7.22. The van der Waals surface area contributed by atoms with Crippen LogP contribution in [0.15, 0.2) is 0 Å². The first kappa shape index (κ1) is 10.5. The Kier molecular flexibility index (Phi) is 2.88. The first-order valence-electron chi connectivity index (χ1n) is 6.35. The van der Waals surface area contributed by atoms with Gasteiger partial charge in [-0.25, -0.2) is 0 Å². The first-order valence-corrected chi connectivity index (χ1v) is 6.35. The van der Waals surface area contributed by atoms with Crippen LogP contribution >= 0.6 is 0 Å². The highest BCUT2D eigenvalue weighted by atomic mass is 15.0. The van der Waals surface area contributed by atoms with Crippen LogP contribution in [0.3, 0.4) is 0 Å². The molecule has 0 aliphatic heterocycles. The molecule has 0 saturated heterocycles. The molecule has 2 aliphatic rings. The molecule has 0 amide bonds. The van der Waals surface area contributed by atoms with E-state index < -0.39 is 0 Å². The minimum absolute atomic E-state index is 0.501. The molecule has 82 valence electrons. The van der Waals surface area contributed by atoms with Gasteiger partial charge in [-0.3, -0.25) is 0 Å². The Morgan fingerprint density at radius 1 is 1.00 bits per heavy atom. The summed E-state index contributed by atoms with van der Waals surface area (Å²) in [6, 6.07) is 0.805. The molecule has 0 radical (unpaired) electrons. The second kappa shape index (κ2) is 3.84. The Balaban J connectivity index is 1.84. The van der Waals surface area contributed by atoms with Gasteiger partial charge in [0.05, 0.1) is 0 Å². The van der Waals surface area contributed by atoms with E-state index in [1.807, 2.05) is 0 Å². The van der Waals surface area contributed by atoms with Gasteiger partial charge in [-0.15, -0.1) is 0 Å². The van der Waals surface area contributed by atoms with Crippen molar-refractivity contribution < 1.29 is 0 Å². The van der Waals surface area contributed by atoms with Gasteiger partial charge >= 0.3 is 0 Å². The molecule has 0 aromatic carbocycles. The van der Waals surface area contributed by atoms with Crippen LogP contribution in [0.5, 0.6) is 0 Å². The van der Waals surface area contributed by atoms with E-state index in [9.17, 15) is 0 Å². The minimum atomic E-state index is 0.501. The van der Waals surface area contributed by atoms with Gasteiger partial charge in [0.25, 0.3) is 0 Å². The highest BCUT2D eigenvalue weighted by Gasteiger charge is 2.35. The van der Waals surface area contributed by atoms with Crippen molar-refractivity contribution in [1.29, 1.82) is 0 Å². The van der Waals surface area contributed by atoms with Crippen LogP contribution in [0.2, 0.25) is 0 Å². The predicted octanol–water partition coefficient (Wildman–Crippen LogP) is 3.34. The third-order valence-electron chi connectivity index (χ3n) is 4.19. The Hall–Kier alpha value is -0.0400. The van der Waals surface area contributed by atoms with Crippen molar-refractivity contribution in [2.45, 2.75) is 70.9 Å². The van der Waals surface area contributed by atoms with E-state index >= 15 is 0 Å².